The second-order valence-electron chi connectivity index (χ2n) is 4.92. The highest BCUT2D eigenvalue weighted by Gasteiger charge is 2.10. The molecular weight excluding hydrogens is 356 g/mol. The SMILES string of the molecule is C=C/C=C(\C=C)CCC(=O)CC(=O)CCc1ccccc1.CC.CC.CC.CC. The average molecular weight is 403 g/mol. The first-order chi connectivity index (χ1) is 14.2. The lowest BCUT2D eigenvalue weighted by Crippen LogP contribution is -2.08. The molecule has 0 amide bonds. The Bertz CT molecular complexity index is 525. The van der Waals surface area contributed by atoms with Gasteiger partial charge in [0.25, 0.3) is 0 Å². The van der Waals surface area contributed by atoms with E-state index in [1.165, 1.54) is 0 Å². The number of aryl methyl sites for hydroxylation is 1. The predicted octanol–water partition coefficient (Wildman–Crippen LogP) is 8.33. The summed E-state index contributed by atoms with van der Waals surface area (Å²) < 4.78 is 0. The van der Waals surface area contributed by atoms with Crippen molar-refractivity contribution >= 4 is 11.6 Å². The van der Waals surface area contributed by atoms with Gasteiger partial charge in [0.2, 0.25) is 0 Å². The summed E-state index contributed by atoms with van der Waals surface area (Å²) in [6.07, 6.45) is 7.36. The van der Waals surface area contributed by atoms with E-state index < -0.39 is 0 Å². The molecule has 1 aromatic carbocycles. The van der Waals surface area contributed by atoms with Gasteiger partial charge in [0, 0.05) is 12.8 Å². The topological polar surface area (TPSA) is 34.1 Å². The lowest BCUT2D eigenvalue weighted by Gasteiger charge is -2.03. The fourth-order valence-corrected chi connectivity index (χ4v) is 2.01. The van der Waals surface area contributed by atoms with Crippen LogP contribution in [0.5, 0.6) is 0 Å². The van der Waals surface area contributed by atoms with Crippen LogP contribution >= 0.6 is 0 Å². The smallest absolute Gasteiger partial charge is 0.140 e. The predicted molar refractivity (Wildman–Crippen MR) is 132 cm³/mol. The van der Waals surface area contributed by atoms with Gasteiger partial charge in [0.1, 0.15) is 11.6 Å². The Morgan fingerprint density at radius 2 is 1.24 bits per heavy atom. The van der Waals surface area contributed by atoms with E-state index in [9.17, 15) is 9.59 Å². The molecule has 1 aromatic rings. The molecule has 0 atom stereocenters. The molecule has 0 saturated heterocycles. The van der Waals surface area contributed by atoms with Crippen molar-refractivity contribution in [2.45, 2.75) is 87.5 Å². The van der Waals surface area contributed by atoms with Crippen molar-refractivity contribution in [3.63, 3.8) is 0 Å². The molecule has 0 heterocycles. The average Bonchev–Trinajstić information content (AvgIpc) is 2.81. The lowest BCUT2D eigenvalue weighted by molar-refractivity contribution is -0.126. The number of carbonyl (C=O) groups is 2. The zero-order chi connectivity index (χ0) is 23.5. The molecule has 0 bridgehead atoms. The summed E-state index contributed by atoms with van der Waals surface area (Å²) in [7, 11) is 0. The maximum absolute atomic E-state index is 11.8. The Morgan fingerprint density at radius 3 is 1.69 bits per heavy atom. The zero-order valence-corrected chi connectivity index (χ0v) is 20.4. The fourth-order valence-electron chi connectivity index (χ4n) is 2.01. The van der Waals surface area contributed by atoms with Crippen LogP contribution < -0.4 is 0 Å². The minimum absolute atomic E-state index is 0.00938. The van der Waals surface area contributed by atoms with E-state index in [0.29, 0.717) is 25.7 Å². The van der Waals surface area contributed by atoms with E-state index in [1.807, 2.05) is 91.8 Å². The molecule has 29 heavy (non-hydrogen) atoms. The molecule has 2 nitrogen and oxygen atoms in total. The monoisotopic (exact) mass is 402 g/mol. The van der Waals surface area contributed by atoms with Crippen LogP contribution in [0.2, 0.25) is 0 Å². The van der Waals surface area contributed by atoms with Crippen LogP contribution in [-0.2, 0) is 16.0 Å². The third-order valence-corrected chi connectivity index (χ3v) is 3.22. The van der Waals surface area contributed by atoms with E-state index in [1.54, 1.807) is 12.2 Å². The standard InChI is InChI=1S/C19H22O2.4C2H6/c1-3-8-16(4-2)11-13-18(20)15-19(21)14-12-17-9-6-5-7-10-17;4*1-2/h3-10H,1-2,11-15H2;4*1-2H3/b16-8+;;;;. The van der Waals surface area contributed by atoms with Gasteiger partial charge in [-0.25, -0.2) is 0 Å². The quantitative estimate of drug-likeness (QED) is 0.291. The molecule has 0 spiro atoms. The number of Topliss-reactive ketones (excluding diaryl/α,β-unsaturated/α-hetero) is 2. The van der Waals surface area contributed by atoms with Gasteiger partial charge in [-0.1, -0.05) is 117 Å². The lowest BCUT2D eigenvalue weighted by atomic mass is 10.0. The summed E-state index contributed by atoms with van der Waals surface area (Å²) in [5, 5.41) is 0. The van der Waals surface area contributed by atoms with Crippen molar-refractivity contribution in [3.8, 4) is 0 Å². The Hall–Kier alpha value is -2.22. The normalized spacial score (nSPS) is 8.76. The van der Waals surface area contributed by atoms with Crippen LogP contribution in [0.15, 0.2) is 67.3 Å². The van der Waals surface area contributed by atoms with Crippen molar-refractivity contribution in [3.05, 3.63) is 72.9 Å². The molecular formula is C27H46O2. The van der Waals surface area contributed by atoms with E-state index >= 15 is 0 Å². The molecule has 0 radical (unpaired) electrons. The number of ketones is 2. The van der Waals surface area contributed by atoms with Gasteiger partial charge in [-0.3, -0.25) is 9.59 Å². The van der Waals surface area contributed by atoms with Crippen LogP contribution in [0.4, 0.5) is 0 Å². The second-order valence-corrected chi connectivity index (χ2v) is 4.92. The molecule has 0 saturated carbocycles. The highest BCUT2D eigenvalue weighted by atomic mass is 16.1. The molecule has 2 heteroatoms. The van der Waals surface area contributed by atoms with Crippen LogP contribution in [0.3, 0.4) is 0 Å². The number of benzene rings is 1. The van der Waals surface area contributed by atoms with Crippen LogP contribution in [0, 0.1) is 0 Å². The molecule has 0 aliphatic carbocycles. The van der Waals surface area contributed by atoms with E-state index in [2.05, 4.69) is 13.2 Å². The Kier molecular flexibility index (Phi) is 36.1. The number of carbonyl (C=O) groups excluding carboxylic acids is 2. The summed E-state index contributed by atoms with van der Waals surface area (Å²) in [6.45, 7) is 23.3. The minimum Gasteiger partial charge on any atom is -0.299 e. The van der Waals surface area contributed by atoms with Crippen molar-refractivity contribution in [2.75, 3.05) is 0 Å². The first kappa shape index (κ1) is 34.3. The van der Waals surface area contributed by atoms with Gasteiger partial charge in [0.15, 0.2) is 0 Å². The Balaban J connectivity index is -0.000000347. The molecule has 0 unspecified atom stereocenters. The molecule has 0 N–H and O–H groups in total. The summed E-state index contributed by atoms with van der Waals surface area (Å²) >= 11 is 0. The van der Waals surface area contributed by atoms with Crippen molar-refractivity contribution < 1.29 is 9.59 Å². The molecule has 1 rings (SSSR count). The molecule has 0 fully saturated rings. The van der Waals surface area contributed by atoms with Crippen LogP contribution in [0.1, 0.15) is 86.6 Å². The highest BCUT2D eigenvalue weighted by molar-refractivity contribution is 5.99. The van der Waals surface area contributed by atoms with Gasteiger partial charge in [-0.2, -0.15) is 0 Å². The van der Waals surface area contributed by atoms with Crippen LogP contribution in [-0.4, -0.2) is 11.6 Å². The maximum Gasteiger partial charge on any atom is 0.140 e. The highest BCUT2D eigenvalue weighted by Crippen LogP contribution is 2.10. The van der Waals surface area contributed by atoms with Gasteiger partial charge in [-0.15, -0.1) is 0 Å². The second kappa shape index (κ2) is 30.5. The molecule has 0 aromatic heterocycles. The fraction of sp³-hybridized carbons (Fsp3) is 0.481. The Labute approximate surface area is 181 Å². The van der Waals surface area contributed by atoms with Crippen molar-refractivity contribution in [1.29, 1.82) is 0 Å². The summed E-state index contributed by atoms with van der Waals surface area (Å²) in [6, 6.07) is 9.83. The molecule has 0 aliphatic rings. The number of hydrogen-bond acceptors (Lipinski definition) is 2. The van der Waals surface area contributed by atoms with Gasteiger partial charge >= 0.3 is 0 Å². The first-order valence-corrected chi connectivity index (χ1v) is 11.2. The summed E-state index contributed by atoms with van der Waals surface area (Å²) in [5.41, 5.74) is 2.09. The number of rotatable bonds is 10. The largest absolute Gasteiger partial charge is 0.299 e. The van der Waals surface area contributed by atoms with Crippen LogP contribution in [0.25, 0.3) is 0 Å². The van der Waals surface area contributed by atoms with E-state index in [4.69, 9.17) is 0 Å². The minimum atomic E-state index is -0.00938. The third kappa shape index (κ3) is 23.7. The maximum atomic E-state index is 11.8. The van der Waals surface area contributed by atoms with Crippen molar-refractivity contribution in [1.82, 2.24) is 0 Å². The Morgan fingerprint density at radius 1 is 0.759 bits per heavy atom. The molecule has 0 aliphatic heterocycles. The third-order valence-electron chi connectivity index (χ3n) is 3.22. The van der Waals surface area contributed by atoms with E-state index in [-0.39, 0.29) is 18.0 Å². The first-order valence-electron chi connectivity index (χ1n) is 11.2. The summed E-state index contributed by atoms with van der Waals surface area (Å²) in [4.78, 5) is 23.6. The van der Waals surface area contributed by atoms with E-state index in [0.717, 1.165) is 11.1 Å². The number of hydrogen-bond donors (Lipinski definition) is 0. The van der Waals surface area contributed by atoms with Gasteiger partial charge in [-0.05, 0) is 24.0 Å². The van der Waals surface area contributed by atoms with Gasteiger partial charge in [0.05, 0.1) is 6.42 Å². The van der Waals surface area contributed by atoms with Gasteiger partial charge < -0.3 is 0 Å². The molecule has 166 valence electrons. The van der Waals surface area contributed by atoms with Crippen molar-refractivity contribution in [2.24, 2.45) is 0 Å². The number of allylic oxidation sites excluding steroid dienone is 4. The zero-order valence-electron chi connectivity index (χ0n) is 20.4. The summed E-state index contributed by atoms with van der Waals surface area (Å²) in [5.74, 6) is 0.00146.